The van der Waals surface area contributed by atoms with Gasteiger partial charge in [-0.25, -0.2) is 0 Å². The molecule has 0 radical (unpaired) electrons. The molecule has 6 heteroatoms. The zero-order chi connectivity index (χ0) is 16.5. The van der Waals surface area contributed by atoms with Crippen molar-refractivity contribution in [3.05, 3.63) is 61.2 Å². The number of benzene rings is 2. The average molecular weight is 497 g/mol. The molecule has 0 aliphatic heterocycles. The van der Waals surface area contributed by atoms with Crippen molar-refractivity contribution < 1.29 is 44.8 Å². The standard InChI is InChI=1S/C18H17O5.W/c1-3-18(19)23-13-22-17-10-6-15(7-11-17)14-4-8-16(9-5-14)21-12-20-2;/h4-11H,1,12-13H2,2H3;/q-1;. The molecule has 24 heavy (non-hydrogen) atoms. The molecular weight excluding hydrogens is 480 g/mol. The molecule has 2 aromatic carbocycles. The molecule has 0 amide bonds. The molecule has 0 aliphatic carbocycles. The number of carbonyl (C=O) groups is 1. The van der Waals surface area contributed by atoms with Crippen LogP contribution >= 0.6 is 0 Å². The van der Waals surface area contributed by atoms with Crippen LogP contribution in [0.15, 0.2) is 55.1 Å². The van der Waals surface area contributed by atoms with E-state index in [1.807, 2.05) is 36.4 Å². The Morgan fingerprint density at radius 2 is 1.38 bits per heavy atom. The van der Waals surface area contributed by atoms with Gasteiger partial charge < -0.3 is 25.0 Å². The van der Waals surface area contributed by atoms with Crippen molar-refractivity contribution in [3.63, 3.8) is 0 Å². The summed E-state index contributed by atoms with van der Waals surface area (Å²) in [6.45, 7) is 3.23. The van der Waals surface area contributed by atoms with Crippen LogP contribution in [0.5, 0.6) is 11.5 Å². The molecule has 0 aromatic heterocycles. The van der Waals surface area contributed by atoms with E-state index >= 15 is 0 Å². The zero-order valence-corrected chi connectivity index (χ0v) is 16.1. The van der Waals surface area contributed by atoms with Gasteiger partial charge in [0.2, 0.25) is 6.79 Å². The van der Waals surface area contributed by atoms with E-state index in [2.05, 4.69) is 12.7 Å². The second-order valence-electron chi connectivity index (χ2n) is 4.47. The molecule has 0 aliphatic rings. The summed E-state index contributed by atoms with van der Waals surface area (Å²) in [5.41, 5.74) is 2.08. The van der Waals surface area contributed by atoms with Gasteiger partial charge in [0.05, 0.1) is 0 Å². The smallest absolute Gasteiger partial charge is 0.231 e. The molecule has 0 heterocycles. The van der Waals surface area contributed by atoms with Gasteiger partial charge in [0.1, 0.15) is 11.5 Å². The molecule has 0 fully saturated rings. The van der Waals surface area contributed by atoms with Crippen molar-refractivity contribution in [2.75, 3.05) is 20.7 Å². The molecule has 0 unspecified atom stereocenters. The normalized spacial score (nSPS) is 9.54. The van der Waals surface area contributed by atoms with Crippen LogP contribution < -0.4 is 9.47 Å². The molecule has 0 spiro atoms. The van der Waals surface area contributed by atoms with Crippen molar-refractivity contribution in [1.82, 2.24) is 0 Å². The van der Waals surface area contributed by atoms with Crippen LogP contribution in [-0.2, 0) is 35.3 Å². The van der Waals surface area contributed by atoms with Crippen LogP contribution in [0.3, 0.4) is 0 Å². The molecule has 2 aromatic rings. The van der Waals surface area contributed by atoms with E-state index in [0.717, 1.165) is 16.9 Å². The molecule has 0 saturated carbocycles. The monoisotopic (exact) mass is 497 g/mol. The summed E-state index contributed by atoms with van der Waals surface area (Å²) in [6, 6.07) is 15.1. The minimum Gasteiger partial charge on any atom is -0.468 e. The van der Waals surface area contributed by atoms with Gasteiger partial charge in [-0.1, -0.05) is 24.3 Å². The van der Waals surface area contributed by atoms with Crippen molar-refractivity contribution >= 4 is 5.97 Å². The largest absolute Gasteiger partial charge is 0.468 e. The van der Waals surface area contributed by atoms with Crippen LogP contribution in [0.25, 0.3) is 11.1 Å². The Labute approximate surface area is 155 Å². The molecule has 0 N–H and O–H groups in total. The maximum atomic E-state index is 10.8. The average Bonchev–Trinajstić information content (AvgIpc) is 2.61. The number of methoxy groups -OCH3 is 1. The summed E-state index contributed by atoms with van der Waals surface area (Å²) in [4.78, 5) is 10.8. The minimum atomic E-state index is -0.641. The summed E-state index contributed by atoms with van der Waals surface area (Å²) in [5, 5.41) is 0. The summed E-state index contributed by atoms with van der Waals surface area (Å²) in [7, 11) is 1.58. The van der Waals surface area contributed by atoms with E-state index < -0.39 is 5.97 Å². The Bertz CT molecular complexity index is 637. The zero-order valence-electron chi connectivity index (χ0n) is 13.2. The molecule has 0 atom stereocenters. The fourth-order valence-electron chi connectivity index (χ4n) is 1.82. The Balaban J connectivity index is 0.00000288. The van der Waals surface area contributed by atoms with Gasteiger partial charge in [-0.2, -0.15) is 0 Å². The summed E-state index contributed by atoms with van der Waals surface area (Å²) < 4.78 is 20.2. The van der Waals surface area contributed by atoms with Crippen LogP contribution in [0, 0.1) is 6.08 Å². The second-order valence-corrected chi connectivity index (χ2v) is 4.47. The van der Waals surface area contributed by atoms with E-state index in [0.29, 0.717) is 5.75 Å². The van der Waals surface area contributed by atoms with Gasteiger partial charge in [0.25, 0.3) is 0 Å². The van der Waals surface area contributed by atoms with E-state index in [4.69, 9.17) is 18.9 Å². The number of carbonyl (C=O) groups excluding carboxylic acids is 1. The van der Waals surface area contributed by atoms with Gasteiger partial charge >= 0.3 is 0 Å². The summed E-state index contributed by atoms with van der Waals surface area (Å²) >= 11 is 0. The molecule has 0 bridgehead atoms. The fourth-order valence-corrected chi connectivity index (χ4v) is 1.82. The van der Waals surface area contributed by atoms with Gasteiger partial charge in [-0.3, -0.25) is 11.4 Å². The third kappa shape index (κ3) is 6.18. The predicted molar refractivity (Wildman–Crippen MR) is 84.8 cm³/mol. The maximum Gasteiger partial charge on any atom is 0.231 e. The number of hydrogen-bond acceptors (Lipinski definition) is 5. The SMILES string of the molecule is C=[C-]C(=O)OCOc1ccc(-c2ccc(OCOC)cc2)cc1.[W]. The van der Waals surface area contributed by atoms with Crippen molar-refractivity contribution in [2.24, 2.45) is 0 Å². The Morgan fingerprint density at radius 3 is 1.79 bits per heavy atom. The van der Waals surface area contributed by atoms with Crippen LogP contribution in [-0.4, -0.2) is 26.7 Å². The van der Waals surface area contributed by atoms with Crippen LogP contribution in [0.4, 0.5) is 0 Å². The van der Waals surface area contributed by atoms with E-state index in [1.165, 1.54) is 0 Å². The van der Waals surface area contributed by atoms with Crippen molar-refractivity contribution in [1.29, 1.82) is 0 Å². The number of esters is 1. The summed E-state index contributed by atoms with van der Waals surface area (Å²) in [5.74, 6) is 0.708. The van der Waals surface area contributed by atoms with Crippen molar-refractivity contribution in [3.8, 4) is 22.6 Å². The first-order valence-electron chi connectivity index (χ1n) is 6.88. The molecule has 2 rings (SSSR count). The Hall–Kier alpha value is -2.10. The quantitative estimate of drug-likeness (QED) is 0.243. The number of hydrogen-bond donors (Lipinski definition) is 0. The Morgan fingerprint density at radius 1 is 0.917 bits per heavy atom. The van der Waals surface area contributed by atoms with E-state index in [-0.39, 0.29) is 34.7 Å². The third-order valence-corrected chi connectivity index (χ3v) is 2.95. The topological polar surface area (TPSA) is 54.0 Å². The van der Waals surface area contributed by atoms with Gasteiger partial charge in [0, 0.05) is 28.2 Å². The number of ether oxygens (including phenoxy) is 4. The fraction of sp³-hybridized carbons (Fsp3) is 0.167. The van der Waals surface area contributed by atoms with E-state index in [9.17, 15) is 4.79 Å². The summed E-state index contributed by atoms with van der Waals surface area (Å²) in [6.07, 6.45) is 2.09. The van der Waals surface area contributed by atoms with Crippen molar-refractivity contribution in [2.45, 2.75) is 0 Å². The van der Waals surface area contributed by atoms with Crippen LogP contribution in [0.1, 0.15) is 0 Å². The minimum absolute atomic E-state index is 0. The maximum absolute atomic E-state index is 10.8. The Kier molecular flexibility index (Phi) is 8.83. The van der Waals surface area contributed by atoms with Crippen LogP contribution in [0.2, 0.25) is 0 Å². The first-order chi connectivity index (χ1) is 11.2. The first kappa shape index (κ1) is 19.9. The van der Waals surface area contributed by atoms with Gasteiger partial charge in [-0.05, 0) is 35.4 Å². The molecule has 126 valence electrons. The predicted octanol–water partition coefficient (Wildman–Crippen LogP) is 3.20. The molecule has 5 nitrogen and oxygen atoms in total. The van der Waals surface area contributed by atoms with E-state index in [1.54, 1.807) is 19.2 Å². The molecular formula is C18H17O5W-. The van der Waals surface area contributed by atoms with Gasteiger partial charge in [-0.15, -0.1) is 0 Å². The van der Waals surface area contributed by atoms with Gasteiger partial charge in [0.15, 0.2) is 12.8 Å². The first-order valence-corrected chi connectivity index (χ1v) is 6.88. The number of rotatable bonds is 8. The molecule has 0 saturated heterocycles. The second kappa shape index (κ2) is 10.6. The third-order valence-electron chi connectivity index (χ3n) is 2.95.